The number of fused-ring (bicyclic) bond motifs is 5. The van der Waals surface area contributed by atoms with Crippen molar-refractivity contribution in [3.8, 4) is 0 Å². The number of rotatable bonds is 0. The highest BCUT2D eigenvalue weighted by Crippen LogP contribution is 2.40. The quantitative estimate of drug-likeness (QED) is 0.620. The van der Waals surface area contributed by atoms with Crippen LogP contribution in [-0.4, -0.2) is 22.3 Å². The van der Waals surface area contributed by atoms with Crippen LogP contribution in [0.5, 0.6) is 0 Å². The number of pyridine rings is 1. The number of para-hydroxylation sites is 1. The molecule has 4 heterocycles. The fraction of sp³-hybridized carbons (Fsp3) is 0.235. The van der Waals surface area contributed by atoms with E-state index in [1.54, 1.807) is 0 Å². The zero-order chi connectivity index (χ0) is 13.3. The maximum absolute atomic E-state index is 5.69. The van der Waals surface area contributed by atoms with E-state index in [9.17, 15) is 0 Å². The molecule has 2 unspecified atom stereocenters. The molecule has 3 nitrogen and oxygen atoms in total. The van der Waals surface area contributed by atoms with Gasteiger partial charge in [0.2, 0.25) is 0 Å². The van der Waals surface area contributed by atoms with E-state index >= 15 is 0 Å². The number of aryl methyl sites for hydroxylation is 1. The molecule has 1 saturated heterocycles. The van der Waals surface area contributed by atoms with E-state index in [-0.39, 0.29) is 6.10 Å². The molecule has 0 N–H and O–H groups in total. The van der Waals surface area contributed by atoms with Gasteiger partial charge < -0.3 is 9.30 Å². The van der Waals surface area contributed by atoms with Crippen LogP contribution >= 0.6 is 0 Å². The molecule has 2 atom stereocenters. The van der Waals surface area contributed by atoms with Gasteiger partial charge in [-0.3, -0.25) is 4.98 Å². The van der Waals surface area contributed by atoms with Crippen molar-refractivity contribution in [1.29, 1.82) is 0 Å². The average Bonchev–Trinajstić information content (AvgIpc) is 2.67. The molecule has 1 aromatic carbocycles. The van der Waals surface area contributed by atoms with Gasteiger partial charge in [-0.2, -0.15) is 0 Å². The van der Waals surface area contributed by atoms with E-state index in [0.29, 0.717) is 6.04 Å². The van der Waals surface area contributed by atoms with E-state index in [2.05, 4.69) is 54.0 Å². The molecule has 0 saturated carbocycles. The zero-order valence-electron chi connectivity index (χ0n) is 11.2. The molecular formula is C17H14N2O. The van der Waals surface area contributed by atoms with Gasteiger partial charge in [0.1, 0.15) is 0 Å². The molecule has 2 aromatic heterocycles. The monoisotopic (exact) mass is 262 g/mol. The normalized spacial score (nSPS) is 23.6. The number of nitrogens with zero attached hydrogens (tertiary/aromatic N) is 2. The van der Waals surface area contributed by atoms with Crippen molar-refractivity contribution in [3.63, 3.8) is 0 Å². The highest BCUT2D eigenvalue weighted by Gasteiger charge is 2.35. The predicted molar refractivity (Wildman–Crippen MR) is 79.8 cm³/mol. The number of benzene rings is 1. The van der Waals surface area contributed by atoms with Crippen molar-refractivity contribution >= 4 is 27.9 Å². The second-order valence-electron chi connectivity index (χ2n) is 5.66. The van der Waals surface area contributed by atoms with Crippen molar-refractivity contribution in [2.45, 2.75) is 19.1 Å². The second-order valence-corrected chi connectivity index (χ2v) is 5.66. The molecule has 0 radical (unpaired) electrons. The van der Waals surface area contributed by atoms with Gasteiger partial charge in [-0.05, 0) is 25.1 Å². The van der Waals surface area contributed by atoms with Crippen LogP contribution in [0.3, 0.4) is 0 Å². The van der Waals surface area contributed by atoms with Crippen LogP contribution in [0.1, 0.15) is 17.4 Å². The second kappa shape index (κ2) is 3.49. The van der Waals surface area contributed by atoms with Crippen molar-refractivity contribution in [2.24, 2.45) is 0 Å². The maximum Gasteiger partial charge on any atom is 0.0990 e. The van der Waals surface area contributed by atoms with Crippen LogP contribution in [0.15, 0.2) is 36.4 Å². The van der Waals surface area contributed by atoms with Crippen LogP contribution in [0.4, 0.5) is 0 Å². The molecule has 3 aromatic rings. The largest absolute Gasteiger partial charge is 0.370 e. The van der Waals surface area contributed by atoms with Crippen LogP contribution in [0, 0.1) is 6.92 Å². The van der Waals surface area contributed by atoms with Gasteiger partial charge in [-0.1, -0.05) is 24.3 Å². The van der Waals surface area contributed by atoms with Crippen LogP contribution in [-0.2, 0) is 4.74 Å². The summed E-state index contributed by atoms with van der Waals surface area (Å²) in [5.41, 5.74) is 4.67. The first-order chi connectivity index (χ1) is 9.83. The van der Waals surface area contributed by atoms with Gasteiger partial charge in [0.25, 0.3) is 0 Å². The Kier molecular flexibility index (Phi) is 1.86. The molecule has 98 valence electrons. The lowest BCUT2D eigenvalue weighted by Gasteiger charge is -2.36. The Morgan fingerprint density at radius 3 is 3.00 bits per heavy atom. The molecule has 2 aliphatic heterocycles. The van der Waals surface area contributed by atoms with Crippen molar-refractivity contribution in [1.82, 2.24) is 9.55 Å². The smallest absolute Gasteiger partial charge is 0.0990 e. The minimum atomic E-state index is 0.184. The molecule has 0 spiro atoms. The van der Waals surface area contributed by atoms with Gasteiger partial charge in [0.05, 0.1) is 30.0 Å². The van der Waals surface area contributed by atoms with Gasteiger partial charge in [0, 0.05) is 22.0 Å². The Morgan fingerprint density at radius 1 is 1.25 bits per heavy atom. The van der Waals surface area contributed by atoms with E-state index in [1.807, 2.05) is 0 Å². The number of aromatic nitrogens is 2. The summed E-state index contributed by atoms with van der Waals surface area (Å²) in [6, 6.07) is 11.2. The highest BCUT2D eigenvalue weighted by atomic mass is 16.5. The first-order valence-electron chi connectivity index (χ1n) is 7.03. The van der Waals surface area contributed by atoms with Crippen molar-refractivity contribution in [2.75, 3.05) is 6.61 Å². The molecule has 0 aliphatic carbocycles. The molecular weight excluding hydrogens is 248 g/mol. The van der Waals surface area contributed by atoms with Gasteiger partial charge in [0.15, 0.2) is 0 Å². The Morgan fingerprint density at radius 2 is 2.15 bits per heavy atom. The molecule has 1 fully saturated rings. The minimum Gasteiger partial charge on any atom is -0.370 e. The summed E-state index contributed by atoms with van der Waals surface area (Å²) in [6.07, 6.45) is 4.45. The lowest BCUT2D eigenvalue weighted by Crippen LogP contribution is -2.39. The molecule has 0 bridgehead atoms. The Bertz CT molecular complexity index is 891. The summed E-state index contributed by atoms with van der Waals surface area (Å²) in [5, 5.41) is 2.62. The highest BCUT2D eigenvalue weighted by molar-refractivity contribution is 6.10. The van der Waals surface area contributed by atoms with E-state index in [1.165, 1.54) is 21.8 Å². The standard InChI is InChI=1S/C17H14N2O/c1-10-8-12-11-4-2-3-5-14(11)19-15-9-20-16(15)7-6-13(18-10)17(12)19/h2-8,15-16H,9H2,1H3. The van der Waals surface area contributed by atoms with Crippen molar-refractivity contribution in [3.05, 3.63) is 47.8 Å². The van der Waals surface area contributed by atoms with Crippen LogP contribution < -0.4 is 0 Å². The molecule has 5 rings (SSSR count). The Balaban J connectivity index is 2.06. The number of hydrogen-bond donors (Lipinski definition) is 0. The first kappa shape index (κ1) is 10.6. The summed E-state index contributed by atoms with van der Waals surface area (Å²) >= 11 is 0. The zero-order valence-corrected chi connectivity index (χ0v) is 11.2. The first-order valence-corrected chi connectivity index (χ1v) is 7.03. The molecule has 0 amide bonds. The van der Waals surface area contributed by atoms with E-state index in [0.717, 1.165) is 18.0 Å². The average molecular weight is 262 g/mol. The lowest BCUT2D eigenvalue weighted by atomic mass is 10.1. The third-order valence-corrected chi connectivity index (χ3v) is 4.46. The fourth-order valence-corrected chi connectivity index (χ4v) is 3.53. The molecule has 2 aliphatic rings. The predicted octanol–water partition coefficient (Wildman–Crippen LogP) is 3.46. The van der Waals surface area contributed by atoms with E-state index < -0.39 is 0 Å². The summed E-state index contributed by atoms with van der Waals surface area (Å²) in [4.78, 5) is 4.72. The Labute approximate surface area is 116 Å². The summed E-state index contributed by atoms with van der Waals surface area (Å²) in [5.74, 6) is 0. The Hall–Kier alpha value is -2.13. The third kappa shape index (κ3) is 1.17. The fourth-order valence-electron chi connectivity index (χ4n) is 3.53. The van der Waals surface area contributed by atoms with Gasteiger partial charge in [-0.15, -0.1) is 0 Å². The number of ether oxygens (including phenoxy) is 1. The number of hydrogen-bond acceptors (Lipinski definition) is 2. The topological polar surface area (TPSA) is 27.1 Å². The summed E-state index contributed by atoms with van der Waals surface area (Å²) < 4.78 is 8.12. The maximum atomic E-state index is 5.69. The third-order valence-electron chi connectivity index (χ3n) is 4.46. The minimum absolute atomic E-state index is 0.184. The SMILES string of the molecule is Cc1cc2c3ccccc3n3c2c(n1)C=CC1OCC13. The van der Waals surface area contributed by atoms with Gasteiger partial charge in [-0.25, -0.2) is 0 Å². The molecule has 3 heteroatoms. The van der Waals surface area contributed by atoms with Gasteiger partial charge >= 0.3 is 0 Å². The summed E-state index contributed by atoms with van der Waals surface area (Å²) in [6.45, 7) is 2.85. The van der Waals surface area contributed by atoms with Crippen LogP contribution in [0.2, 0.25) is 0 Å². The summed E-state index contributed by atoms with van der Waals surface area (Å²) in [7, 11) is 0. The van der Waals surface area contributed by atoms with Crippen molar-refractivity contribution < 1.29 is 4.74 Å². The lowest BCUT2D eigenvalue weighted by molar-refractivity contribution is -0.0714. The van der Waals surface area contributed by atoms with Crippen LogP contribution in [0.25, 0.3) is 27.9 Å². The van der Waals surface area contributed by atoms with E-state index in [4.69, 9.17) is 9.72 Å². The molecule has 20 heavy (non-hydrogen) atoms.